The van der Waals surface area contributed by atoms with Crippen LogP contribution in [0.3, 0.4) is 0 Å². The fourth-order valence-electron chi connectivity index (χ4n) is 3.19. The average molecular weight is 344 g/mol. The van der Waals surface area contributed by atoms with E-state index in [4.69, 9.17) is 4.74 Å². The van der Waals surface area contributed by atoms with E-state index in [9.17, 15) is 14.0 Å². The van der Waals surface area contributed by atoms with Crippen molar-refractivity contribution in [2.24, 2.45) is 0 Å². The molecule has 1 amide bonds. The smallest absolute Gasteiger partial charge is 0.251 e. The molecule has 25 heavy (non-hydrogen) atoms. The minimum atomic E-state index is -0.675. The number of nitrogens with one attached hydrogen (secondary N) is 1. The molecule has 1 saturated heterocycles. The number of carbonyl (C=O) groups is 1. The fraction of sp³-hybridized carbons (Fsp3) is 0.368. The number of pyridine rings is 1. The number of rotatable bonds is 4. The standard InChI is InChI=1S/C19H21FN2O3/c1-14-5-8-22(18(24)11-14)13-17(23)21-19(6-9-25-10-7-19)15-3-2-4-16(20)12-15/h2-5,8,11-12H,6-7,9-10,13H2,1H3,(H,21,23). The number of benzene rings is 1. The first kappa shape index (κ1) is 17.4. The molecule has 0 spiro atoms. The van der Waals surface area contributed by atoms with E-state index in [1.54, 1.807) is 18.3 Å². The van der Waals surface area contributed by atoms with Crippen LogP contribution in [0.5, 0.6) is 0 Å². The molecule has 0 atom stereocenters. The minimum Gasteiger partial charge on any atom is -0.381 e. The molecule has 6 heteroatoms. The highest BCUT2D eigenvalue weighted by molar-refractivity contribution is 5.77. The molecule has 1 aliphatic heterocycles. The van der Waals surface area contributed by atoms with Gasteiger partial charge in [0, 0.05) is 25.5 Å². The minimum absolute atomic E-state index is 0.0724. The zero-order valence-electron chi connectivity index (χ0n) is 14.1. The van der Waals surface area contributed by atoms with E-state index in [1.165, 1.54) is 22.8 Å². The van der Waals surface area contributed by atoms with E-state index in [0.29, 0.717) is 26.1 Å². The van der Waals surface area contributed by atoms with E-state index in [1.807, 2.05) is 13.0 Å². The summed E-state index contributed by atoms with van der Waals surface area (Å²) in [5.41, 5.74) is 0.677. The largest absolute Gasteiger partial charge is 0.381 e. The van der Waals surface area contributed by atoms with E-state index < -0.39 is 5.54 Å². The van der Waals surface area contributed by atoms with Crippen molar-refractivity contribution < 1.29 is 13.9 Å². The topological polar surface area (TPSA) is 60.3 Å². The Labute approximate surface area is 145 Å². The predicted octanol–water partition coefficient (Wildman–Crippen LogP) is 2.12. The molecule has 1 aromatic carbocycles. The van der Waals surface area contributed by atoms with Gasteiger partial charge in [0.25, 0.3) is 5.56 Å². The Bertz CT molecular complexity index is 825. The van der Waals surface area contributed by atoms with Gasteiger partial charge in [0.15, 0.2) is 0 Å². The van der Waals surface area contributed by atoms with Crippen LogP contribution in [0.25, 0.3) is 0 Å². The highest BCUT2D eigenvalue weighted by atomic mass is 19.1. The molecule has 2 heterocycles. The monoisotopic (exact) mass is 344 g/mol. The van der Waals surface area contributed by atoms with Gasteiger partial charge in [0.2, 0.25) is 5.91 Å². The van der Waals surface area contributed by atoms with E-state index in [-0.39, 0.29) is 23.8 Å². The van der Waals surface area contributed by atoms with Gasteiger partial charge in [-0.1, -0.05) is 12.1 Å². The highest BCUT2D eigenvalue weighted by Gasteiger charge is 2.36. The van der Waals surface area contributed by atoms with Gasteiger partial charge in [-0.05, 0) is 49.1 Å². The Hall–Kier alpha value is -2.47. The molecule has 1 aliphatic rings. The van der Waals surface area contributed by atoms with Gasteiger partial charge in [-0.15, -0.1) is 0 Å². The number of aromatic nitrogens is 1. The Morgan fingerprint density at radius 2 is 2.04 bits per heavy atom. The first-order chi connectivity index (χ1) is 12.0. The zero-order chi connectivity index (χ0) is 17.9. The zero-order valence-corrected chi connectivity index (χ0v) is 14.1. The maximum absolute atomic E-state index is 13.7. The maximum atomic E-state index is 13.7. The number of carbonyl (C=O) groups excluding carboxylic acids is 1. The lowest BCUT2D eigenvalue weighted by Gasteiger charge is -2.38. The molecule has 0 saturated carbocycles. The van der Waals surface area contributed by atoms with Crippen molar-refractivity contribution in [1.82, 2.24) is 9.88 Å². The van der Waals surface area contributed by atoms with Crippen LogP contribution in [0, 0.1) is 12.7 Å². The normalized spacial score (nSPS) is 16.4. The number of nitrogens with zero attached hydrogens (tertiary/aromatic N) is 1. The van der Waals surface area contributed by atoms with Gasteiger partial charge in [0.05, 0.1) is 5.54 Å². The Kier molecular flexibility index (Phi) is 4.99. The predicted molar refractivity (Wildman–Crippen MR) is 91.7 cm³/mol. The number of hydrogen-bond acceptors (Lipinski definition) is 3. The molecule has 0 bridgehead atoms. The van der Waals surface area contributed by atoms with Crippen molar-refractivity contribution in [2.45, 2.75) is 31.8 Å². The Morgan fingerprint density at radius 1 is 1.28 bits per heavy atom. The summed E-state index contributed by atoms with van der Waals surface area (Å²) >= 11 is 0. The average Bonchev–Trinajstić information content (AvgIpc) is 2.58. The van der Waals surface area contributed by atoms with Crippen LogP contribution in [-0.2, 0) is 21.6 Å². The lowest BCUT2D eigenvalue weighted by Crippen LogP contribution is -2.50. The third-order valence-electron chi connectivity index (χ3n) is 4.57. The van der Waals surface area contributed by atoms with Crippen molar-refractivity contribution in [3.05, 3.63) is 69.9 Å². The third kappa shape index (κ3) is 3.96. The van der Waals surface area contributed by atoms with Gasteiger partial charge in [-0.3, -0.25) is 9.59 Å². The maximum Gasteiger partial charge on any atom is 0.251 e. The van der Waals surface area contributed by atoms with Crippen LogP contribution < -0.4 is 10.9 Å². The van der Waals surface area contributed by atoms with Crippen LogP contribution >= 0.6 is 0 Å². The molecule has 2 aromatic rings. The van der Waals surface area contributed by atoms with Gasteiger partial charge in [0.1, 0.15) is 12.4 Å². The van der Waals surface area contributed by atoms with Crippen LogP contribution in [0.15, 0.2) is 47.4 Å². The lowest BCUT2D eigenvalue weighted by molar-refractivity contribution is -0.125. The van der Waals surface area contributed by atoms with Gasteiger partial charge in [-0.25, -0.2) is 4.39 Å². The van der Waals surface area contributed by atoms with E-state index in [0.717, 1.165) is 11.1 Å². The molecule has 5 nitrogen and oxygen atoms in total. The second kappa shape index (κ2) is 7.19. The summed E-state index contributed by atoms with van der Waals surface area (Å²) in [5.74, 6) is -0.621. The Morgan fingerprint density at radius 3 is 2.72 bits per heavy atom. The second-order valence-corrected chi connectivity index (χ2v) is 6.42. The molecule has 1 fully saturated rings. The molecule has 1 aromatic heterocycles. The second-order valence-electron chi connectivity index (χ2n) is 6.42. The molecular weight excluding hydrogens is 323 g/mol. The van der Waals surface area contributed by atoms with E-state index >= 15 is 0 Å². The summed E-state index contributed by atoms with van der Waals surface area (Å²) in [6.07, 6.45) is 2.73. The third-order valence-corrected chi connectivity index (χ3v) is 4.57. The number of amides is 1. The Balaban J connectivity index is 1.83. The van der Waals surface area contributed by atoms with Crippen molar-refractivity contribution in [3.8, 4) is 0 Å². The fourth-order valence-corrected chi connectivity index (χ4v) is 3.19. The summed E-state index contributed by atoms with van der Waals surface area (Å²) in [7, 11) is 0. The van der Waals surface area contributed by atoms with Gasteiger partial charge >= 0.3 is 0 Å². The van der Waals surface area contributed by atoms with Gasteiger partial charge in [-0.2, -0.15) is 0 Å². The number of aryl methyl sites for hydroxylation is 1. The number of hydrogen-bond donors (Lipinski definition) is 1. The molecule has 1 N–H and O–H groups in total. The summed E-state index contributed by atoms with van der Waals surface area (Å²) in [6.45, 7) is 2.73. The number of halogens is 1. The molecule has 0 aliphatic carbocycles. The van der Waals surface area contributed by atoms with Crippen LogP contribution in [0.2, 0.25) is 0 Å². The van der Waals surface area contributed by atoms with Crippen molar-refractivity contribution in [1.29, 1.82) is 0 Å². The highest BCUT2D eigenvalue weighted by Crippen LogP contribution is 2.32. The first-order valence-electron chi connectivity index (χ1n) is 8.30. The molecular formula is C19H21FN2O3. The van der Waals surface area contributed by atoms with Crippen molar-refractivity contribution in [2.75, 3.05) is 13.2 Å². The quantitative estimate of drug-likeness (QED) is 0.924. The van der Waals surface area contributed by atoms with Crippen LogP contribution in [0.4, 0.5) is 4.39 Å². The van der Waals surface area contributed by atoms with Crippen molar-refractivity contribution in [3.63, 3.8) is 0 Å². The van der Waals surface area contributed by atoms with E-state index in [2.05, 4.69) is 5.32 Å². The van der Waals surface area contributed by atoms with Gasteiger partial charge < -0.3 is 14.6 Å². The molecule has 132 valence electrons. The summed E-state index contributed by atoms with van der Waals surface area (Å²) in [6, 6.07) is 9.55. The van der Waals surface area contributed by atoms with Crippen LogP contribution in [0.1, 0.15) is 24.0 Å². The molecule has 3 rings (SSSR count). The SMILES string of the molecule is Cc1ccn(CC(=O)NC2(c3cccc(F)c3)CCOCC2)c(=O)c1. The van der Waals surface area contributed by atoms with Crippen LogP contribution in [-0.4, -0.2) is 23.7 Å². The molecule has 0 radical (unpaired) electrons. The first-order valence-corrected chi connectivity index (χ1v) is 8.30. The summed E-state index contributed by atoms with van der Waals surface area (Å²) in [4.78, 5) is 24.6. The summed E-state index contributed by atoms with van der Waals surface area (Å²) in [5, 5.41) is 3.02. The lowest BCUT2D eigenvalue weighted by atomic mass is 9.82. The van der Waals surface area contributed by atoms with Crippen molar-refractivity contribution >= 4 is 5.91 Å². The molecule has 0 unspecified atom stereocenters. The number of ether oxygens (including phenoxy) is 1. The summed E-state index contributed by atoms with van der Waals surface area (Å²) < 4.78 is 20.4.